The second-order valence-electron chi connectivity index (χ2n) is 4.39. The second kappa shape index (κ2) is 7.99. The maximum atomic E-state index is 5.89. The number of methoxy groups -OCH3 is 1. The number of ether oxygens (including phenoxy) is 2. The molecule has 5 nitrogen and oxygen atoms in total. The number of hydrogen-bond donors (Lipinski definition) is 2. The third-order valence-corrected chi connectivity index (χ3v) is 2.92. The molecule has 0 saturated heterocycles. The minimum absolute atomic E-state index is 0.103. The van der Waals surface area contributed by atoms with Crippen LogP contribution in [0.25, 0.3) is 0 Å². The summed E-state index contributed by atoms with van der Waals surface area (Å²) >= 11 is 4.70. The number of rotatable bonds is 6. The Morgan fingerprint density at radius 1 is 1.23 bits per heavy atom. The summed E-state index contributed by atoms with van der Waals surface area (Å²) in [6.45, 7) is 0.435. The molecule has 114 valence electrons. The first kappa shape index (κ1) is 15.8. The molecule has 3 N–H and O–H groups in total. The lowest BCUT2D eigenvalue weighted by Crippen LogP contribution is -2.24. The van der Waals surface area contributed by atoms with Crippen LogP contribution in [0.5, 0.6) is 11.5 Å². The zero-order valence-corrected chi connectivity index (χ0v) is 13.0. The van der Waals surface area contributed by atoms with Crippen LogP contribution in [0.2, 0.25) is 0 Å². The van der Waals surface area contributed by atoms with E-state index >= 15 is 0 Å². The van der Waals surface area contributed by atoms with Crippen molar-refractivity contribution in [1.29, 1.82) is 0 Å². The van der Waals surface area contributed by atoms with E-state index in [2.05, 4.69) is 10.5 Å². The molecule has 0 spiro atoms. The summed E-state index contributed by atoms with van der Waals surface area (Å²) in [7, 11) is 1.60. The van der Waals surface area contributed by atoms with E-state index in [0.717, 1.165) is 11.1 Å². The van der Waals surface area contributed by atoms with Crippen LogP contribution in [0, 0.1) is 0 Å². The van der Waals surface area contributed by atoms with Crippen molar-refractivity contribution in [3.05, 3.63) is 59.7 Å². The number of benzene rings is 2. The number of hydrogen-bond acceptors (Lipinski definition) is 4. The molecule has 0 amide bonds. The van der Waals surface area contributed by atoms with Crippen molar-refractivity contribution in [3.63, 3.8) is 0 Å². The Bertz CT molecular complexity index is 660. The van der Waals surface area contributed by atoms with E-state index < -0.39 is 0 Å². The Kier molecular flexibility index (Phi) is 5.73. The topological polar surface area (TPSA) is 68.9 Å². The van der Waals surface area contributed by atoms with Gasteiger partial charge in [-0.2, -0.15) is 5.10 Å². The molecule has 0 bridgehead atoms. The minimum Gasteiger partial charge on any atom is -0.493 e. The third-order valence-electron chi connectivity index (χ3n) is 2.83. The third kappa shape index (κ3) is 4.46. The van der Waals surface area contributed by atoms with E-state index in [4.69, 9.17) is 27.4 Å². The van der Waals surface area contributed by atoms with Gasteiger partial charge in [0.1, 0.15) is 6.61 Å². The van der Waals surface area contributed by atoms with Gasteiger partial charge in [0, 0.05) is 5.56 Å². The first-order valence-electron chi connectivity index (χ1n) is 6.63. The molecule has 0 heterocycles. The number of nitrogens with zero attached hydrogens (tertiary/aromatic N) is 1. The maximum Gasteiger partial charge on any atom is 0.184 e. The highest BCUT2D eigenvalue weighted by Gasteiger charge is 2.09. The number of nitrogens with two attached hydrogens (primary N) is 1. The quantitative estimate of drug-likeness (QED) is 0.487. The summed E-state index contributed by atoms with van der Waals surface area (Å²) in [5.41, 5.74) is 9.68. The molecule has 0 fully saturated rings. The molecule has 0 atom stereocenters. The lowest BCUT2D eigenvalue weighted by Gasteiger charge is -2.13. The molecule has 0 radical (unpaired) electrons. The monoisotopic (exact) mass is 315 g/mol. The lowest BCUT2D eigenvalue weighted by molar-refractivity contribution is 0.284. The van der Waals surface area contributed by atoms with Crippen molar-refractivity contribution in [2.45, 2.75) is 6.61 Å². The molecule has 6 heteroatoms. The van der Waals surface area contributed by atoms with Gasteiger partial charge in [-0.05, 0) is 29.9 Å². The fraction of sp³-hybridized carbons (Fsp3) is 0.125. The smallest absolute Gasteiger partial charge is 0.184 e. The van der Waals surface area contributed by atoms with Crippen LogP contribution in [-0.2, 0) is 6.61 Å². The lowest BCUT2D eigenvalue weighted by atomic mass is 10.2. The first-order valence-corrected chi connectivity index (χ1v) is 7.03. The average Bonchev–Trinajstić information content (AvgIpc) is 2.54. The second-order valence-corrected chi connectivity index (χ2v) is 4.83. The van der Waals surface area contributed by atoms with E-state index in [1.54, 1.807) is 13.3 Å². The fourth-order valence-electron chi connectivity index (χ4n) is 1.84. The molecule has 0 aliphatic rings. The van der Waals surface area contributed by atoms with E-state index in [9.17, 15) is 0 Å². The molecule has 0 saturated carbocycles. The largest absolute Gasteiger partial charge is 0.493 e. The molecule has 22 heavy (non-hydrogen) atoms. The highest BCUT2D eigenvalue weighted by molar-refractivity contribution is 7.80. The van der Waals surface area contributed by atoms with E-state index in [1.807, 2.05) is 48.5 Å². The normalized spacial score (nSPS) is 10.4. The molecule has 0 aromatic heterocycles. The van der Waals surface area contributed by atoms with Gasteiger partial charge in [-0.1, -0.05) is 36.4 Å². The van der Waals surface area contributed by atoms with Crippen molar-refractivity contribution in [3.8, 4) is 11.5 Å². The number of para-hydroxylation sites is 1. The number of hydrazone groups is 1. The highest BCUT2D eigenvalue weighted by Crippen LogP contribution is 2.30. The van der Waals surface area contributed by atoms with Gasteiger partial charge >= 0.3 is 0 Å². The van der Waals surface area contributed by atoms with Gasteiger partial charge in [-0.15, -0.1) is 0 Å². The van der Waals surface area contributed by atoms with Crippen molar-refractivity contribution in [2.24, 2.45) is 10.8 Å². The summed E-state index contributed by atoms with van der Waals surface area (Å²) in [5.74, 6) is 1.25. The van der Waals surface area contributed by atoms with Gasteiger partial charge in [0.05, 0.1) is 13.3 Å². The minimum atomic E-state index is 0.103. The molecule has 0 aliphatic heterocycles. The van der Waals surface area contributed by atoms with Crippen molar-refractivity contribution in [2.75, 3.05) is 7.11 Å². The standard InChI is InChI=1S/C16H17N3O2S/c1-20-14-9-5-8-13(10-18-19-16(17)22)15(14)21-11-12-6-3-2-4-7-12/h2-10H,11H2,1H3,(H3,17,19,22)/b18-10-. The number of nitrogens with one attached hydrogen (secondary N) is 1. The van der Waals surface area contributed by atoms with Crippen molar-refractivity contribution < 1.29 is 9.47 Å². The molecule has 0 unspecified atom stereocenters. The highest BCUT2D eigenvalue weighted by atomic mass is 32.1. The Hall–Kier alpha value is -2.60. The zero-order valence-electron chi connectivity index (χ0n) is 12.2. The average molecular weight is 315 g/mol. The van der Waals surface area contributed by atoms with Gasteiger partial charge in [-0.3, -0.25) is 5.43 Å². The Labute approximate surface area is 134 Å². The van der Waals surface area contributed by atoms with E-state index in [-0.39, 0.29) is 5.11 Å². The first-order chi connectivity index (χ1) is 10.7. The van der Waals surface area contributed by atoms with Crippen LogP contribution in [0.1, 0.15) is 11.1 Å². The predicted molar refractivity (Wildman–Crippen MR) is 91.3 cm³/mol. The molecule has 2 rings (SSSR count). The Balaban J connectivity index is 2.19. The van der Waals surface area contributed by atoms with Crippen LogP contribution < -0.4 is 20.6 Å². The summed E-state index contributed by atoms with van der Waals surface area (Å²) in [4.78, 5) is 0. The fourth-order valence-corrected chi connectivity index (χ4v) is 1.90. The summed E-state index contributed by atoms with van der Waals surface area (Å²) in [6.07, 6.45) is 1.59. The van der Waals surface area contributed by atoms with Gasteiger partial charge in [0.15, 0.2) is 16.6 Å². The van der Waals surface area contributed by atoms with Crippen LogP contribution >= 0.6 is 12.2 Å². The van der Waals surface area contributed by atoms with Crippen molar-refractivity contribution >= 4 is 23.5 Å². The van der Waals surface area contributed by atoms with Gasteiger partial charge < -0.3 is 15.2 Å². The van der Waals surface area contributed by atoms with Crippen LogP contribution in [-0.4, -0.2) is 18.4 Å². The van der Waals surface area contributed by atoms with Crippen molar-refractivity contribution in [1.82, 2.24) is 5.43 Å². The summed E-state index contributed by atoms with van der Waals surface area (Å²) in [5, 5.41) is 4.06. The zero-order chi connectivity index (χ0) is 15.8. The van der Waals surface area contributed by atoms with E-state index in [1.165, 1.54) is 0 Å². The maximum absolute atomic E-state index is 5.89. The number of thiocarbonyl (C=S) groups is 1. The Morgan fingerprint density at radius 3 is 2.68 bits per heavy atom. The van der Waals surface area contributed by atoms with Crippen LogP contribution in [0.4, 0.5) is 0 Å². The molecular weight excluding hydrogens is 298 g/mol. The predicted octanol–water partition coefficient (Wildman–Crippen LogP) is 2.44. The molecule has 0 aliphatic carbocycles. The SMILES string of the molecule is COc1cccc(/C=N\NC(N)=S)c1OCc1ccccc1. The Morgan fingerprint density at radius 2 is 2.00 bits per heavy atom. The molecule has 2 aromatic rings. The van der Waals surface area contributed by atoms with Crippen LogP contribution in [0.15, 0.2) is 53.6 Å². The van der Waals surface area contributed by atoms with E-state index in [0.29, 0.717) is 18.1 Å². The summed E-state index contributed by atoms with van der Waals surface area (Å²) in [6, 6.07) is 15.5. The van der Waals surface area contributed by atoms with Gasteiger partial charge in [0.25, 0.3) is 0 Å². The molecular formula is C16H17N3O2S. The van der Waals surface area contributed by atoms with Crippen LogP contribution in [0.3, 0.4) is 0 Å². The van der Waals surface area contributed by atoms with Gasteiger partial charge in [-0.25, -0.2) is 0 Å². The molecule has 2 aromatic carbocycles. The van der Waals surface area contributed by atoms with Gasteiger partial charge in [0.2, 0.25) is 0 Å². The summed E-state index contributed by atoms with van der Waals surface area (Å²) < 4.78 is 11.2.